The van der Waals surface area contributed by atoms with Gasteiger partial charge < -0.3 is 19.3 Å². The Morgan fingerprint density at radius 3 is 2.67 bits per heavy atom. The van der Waals surface area contributed by atoms with Crippen LogP contribution in [0.3, 0.4) is 0 Å². The van der Waals surface area contributed by atoms with Crippen molar-refractivity contribution in [2.24, 2.45) is 0 Å². The van der Waals surface area contributed by atoms with Gasteiger partial charge in [-0.2, -0.15) is 0 Å². The Labute approximate surface area is 160 Å². The largest absolute Gasteiger partial charge is 0.491 e. The van der Waals surface area contributed by atoms with Crippen molar-refractivity contribution in [1.82, 2.24) is 14.5 Å². The van der Waals surface area contributed by atoms with Crippen LogP contribution in [0.1, 0.15) is 36.7 Å². The molecule has 3 rings (SSSR count). The van der Waals surface area contributed by atoms with Crippen LogP contribution in [0.15, 0.2) is 30.6 Å². The summed E-state index contributed by atoms with van der Waals surface area (Å²) in [6.07, 6.45) is 5.41. The van der Waals surface area contributed by atoms with Crippen molar-refractivity contribution in [1.29, 1.82) is 0 Å². The van der Waals surface area contributed by atoms with Gasteiger partial charge in [-0.15, -0.1) is 0 Å². The van der Waals surface area contributed by atoms with Crippen molar-refractivity contribution >= 4 is 5.91 Å². The van der Waals surface area contributed by atoms with Crippen LogP contribution in [-0.4, -0.2) is 50.8 Å². The highest BCUT2D eigenvalue weighted by Gasteiger charge is 2.34. The van der Waals surface area contributed by atoms with Gasteiger partial charge in [0, 0.05) is 31.9 Å². The molecule has 6 heteroatoms. The van der Waals surface area contributed by atoms with Gasteiger partial charge in [-0.1, -0.05) is 13.0 Å². The molecule has 1 aromatic carbocycles. The summed E-state index contributed by atoms with van der Waals surface area (Å²) in [6, 6.07) is 5.95. The first-order valence-electron chi connectivity index (χ1n) is 9.60. The molecule has 1 fully saturated rings. The number of aryl methyl sites for hydroxylation is 3. The van der Waals surface area contributed by atoms with Gasteiger partial charge in [0.2, 0.25) is 5.91 Å². The highest BCUT2D eigenvalue weighted by molar-refractivity contribution is 5.76. The number of aromatic nitrogens is 2. The summed E-state index contributed by atoms with van der Waals surface area (Å²) in [5, 5.41) is 10.8. The van der Waals surface area contributed by atoms with Crippen LogP contribution in [-0.2, 0) is 17.8 Å². The number of carbonyl (C=O) groups excluding carboxylic acids is 1. The summed E-state index contributed by atoms with van der Waals surface area (Å²) in [7, 11) is 0. The molecule has 0 unspecified atom stereocenters. The maximum Gasteiger partial charge on any atom is 0.242 e. The van der Waals surface area contributed by atoms with Crippen LogP contribution >= 0.6 is 0 Å². The van der Waals surface area contributed by atoms with Crippen molar-refractivity contribution in [3.63, 3.8) is 0 Å². The lowest BCUT2D eigenvalue weighted by Gasteiger charge is -2.38. The summed E-state index contributed by atoms with van der Waals surface area (Å²) in [5.74, 6) is 1.76. The molecule has 0 aliphatic carbocycles. The number of imidazole rings is 1. The van der Waals surface area contributed by atoms with Gasteiger partial charge in [0.15, 0.2) is 0 Å². The third kappa shape index (κ3) is 4.69. The standard InChI is InChI=1S/C21H29N3O3/c1-4-19-22-9-12-24(19)14-20(25)23-10-7-21(26,8-11-23)15-27-18-6-5-16(2)17(3)13-18/h5-6,9,12-13,26H,4,7-8,10-11,14-15H2,1-3H3. The van der Waals surface area contributed by atoms with E-state index in [9.17, 15) is 9.90 Å². The van der Waals surface area contributed by atoms with Crippen molar-refractivity contribution in [2.75, 3.05) is 19.7 Å². The molecule has 0 spiro atoms. The lowest BCUT2D eigenvalue weighted by Crippen LogP contribution is -2.50. The molecule has 27 heavy (non-hydrogen) atoms. The highest BCUT2D eigenvalue weighted by Crippen LogP contribution is 2.25. The normalized spacial score (nSPS) is 16.4. The summed E-state index contributed by atoms with van der Waals surface area (Å²) in [5.41, 5.74) is 1.50. The Hall–Kier alpha value is -2.34. The summed E-state index contributed by atoms with van der Waals surface area (Å²) in [6.45, 7) is 7.78. The molecule has 1 N–H and O–H groups in total. The van der Waals surface area contributed by atoms with E-state index in [1.165, 1.54) is 11.1 Å². The number of rotatable bonds is 6. The molecular weight excluding hydrogens is 342 g/mol. The molecule has 1 aromatic heterocycles. The Morgan fingerprint density at radius 2 is 2.00 bits per heavy atom. The van der Waals surface area contributed by atoms with Crippen LogP contribution in [0.25, 0.3) is 0 Å². The second kappa shape index (κ2) is 8.13. The lowest BCUT2D eigenvalue weighted by molar-refractivity contribution is -0.137. The van der Waals surface area contributed by atoms with Crippen molar-refractivity contribution in [2.45, 2.75) is 52.2 Å². The van der Waals surface area contributed by atoms with Gasteiger partial charge in [-0.25, -0.2) is 4.98 Å². The Bertz CT molecular complexity index is 792. The number of ether oxygens (including phenoxy) is 1. The van der Waals surface area contributed by atoms with Crippen LogP contribution in [0.2, 0.25) is 0 Å². The van der Waals surface area contributed by atoms with Gasteiger partial charge in [-0.3, -0.25) is 4.79 Å². The van der Waals surface area contributed by atoms with Gasteiger partial charge in [0.1, 0.15) is 30.3 Å². The number of hydrogen-bond acceptors (Lipinski definition) is 4. The Balaban J connectivity index is 1.51. The topological polar surface area (TPSA) is 67.6 Å². The van der Waals surface area contributed by atoms with Crippen molar-refractivity contribution in [3.8, 4) is 5.75 Å². The maximum absolute atomic E-state index is 12.6. The first-order chi connectivity index (χ1) is 12.9. The van der Waals surface area contributed by atoms with Crippen molar-refractivity contribution < 1.29 is 14.6 Å². The molecule has 0 atom stereocenters. The first kappa shape index (κ1) is 19.4. The predicted molar refractivity (Wildman–Crippen MR) is 104 cm³/mol. The molecule has 0 saturated carbocycles. The quantitative estimate of drug-likeness (QED) is 0.847. The van der Waals surface area contributed by atoms with E-state index in [2.05, 4.69) is 11.9 Å². The fraction of sp³-hybridized carbons (Fsp3) is 0.524. The third-order valence-corrected chi connectivity index (χ3v) is 5.46. The molecule has 0 radical (unpaired) electrons. The van der Waals surface area contributed by atoms with E-state index in [-0.39, 0.29) is 12.5 Å². The van der Waals surface area contributed by atoms with Gasteiger partial charge >= 0.3 is 0 Å². The average Bonchev–Trinajstić information content (AvgIpc) is 3.10. The van der Waals surface area contributed by atoms with Crippen LogP contribution in [0.5, 0.6) is 5.75 Å². The van der Waals surface area contributed by atoms with E-state index in [0.717, 1.165) is 18.0 Å². The SMILES string of the molecule is CCc1nccn1CC(=O)N1CCC(O)(COc2ccc(C)c(C)c2)CC1. The van der Waals surface area contributed by atoms with E-state index in [1.807, 2.05) is 47.7 Å². The number of likely N-dealkylation sites (tertiary alicyclic amines) is 1. The number of aliphatic hydroxyl groups is 1. The van der Waals surface area contributed by atoms with E-state index in [4.69, 9.17) is 4.74 Å². The Kier molecular flexibility index (Phi) is 5.85. The molecule has 1 aliphatic heterocycles. The van der Waals surface area contributed by atoms with E-state index < -0.39 is 5.60 Å². The average molecular weight is 371 g/mol. The highest BCUT2D eigenvalue weighted by atomic mass is 16.5. The number of nitrogens with zero attached hydrogens (tertiary/aromatic N) is 3. The molecule has 146 valence electrons. The third-order valence-electron chi connectivity index (χ3n) is 5.46. The minimum atomic E-state index is -0.890. The van der Waals surface area contributed by atoms with Gasteiger partial charge in [0.25, 0.3) is 0 Å². The zero-order valence-electron chi connectivity index (χ0n) is 16.4. The second-order valence-electron chi connectivity index (χ2n) is 7.46. The number of carbonyl (C=O) groups is 1. The summed E-state index contributed by atoms with van der Waals surface area (Å²) in [4.78, 5) is 18.6. The molecule has 1 amide bonds. The van der Waals surface area contributed by atoms with E-state index in [1.54, 1.807) is 6.20 Å². The first-order valence-corrected chi connectivity index (χ1v) is 9.60. The van der Waals surface area contributed by atoms with Crippen molar-refractivity contribution in [3.05, 3.63) is 47.5 Å². The van der Waals surface area contributed by atoms with Crippen LogP contribution in [0.4, 0.5) is 0 Å². The molecule has 1 aliphatic rings. The van der Waals surface area contributed by atoms with E-state index >= 15 is 0 Å². The molecule has 2 aromatic rings. The fourth-order valence-electron chi connectivity index (χ4n) is 3.38. The lowest BCUT2D eigenvalue weighted by atomic mass is 9.92. The zero-order valence-corrected chi connectivity index (χ0v) is 16.4. The number of piperidine rings is 1. The van der Waals surface area contributed by atoms with Crippen LogP contribution < -0.4 is 4.74 Å². The molecular formula is C21H29N3O3. The van der Waals surface area contributed by atoms with E-state index in [0.29, 0.717) is 32.5 Å². The number of hydrogen-bond donors (Lipinski definition) is 1. The monoisotopic (exact) mass is 371 g/mol. The number of amides is 1. The van der Waals surface area contributed by atoms with Gasteiger partial charge in [-0.05, 0) is 49.9 Å². The Morgan fingerprint density at radius 1 is 1.26 bits per heavy atom. The zero-order chi connectivity index (χ0) is 19.4. The fourth-order valence-corrected chi connectivity index (χ4v) is 3.38. The number of benzene rings is 1. The molecule has 6 nitrogen and oxygen atoms in total. The minimum Gasteiger partial charge on any atom is -0.491 e. The predicted octanol–water partition coefficient (Wildman–Crippen LogP) is 2.49. The summed E-state index contributed by atoms with van der Waals surface area (Å²) < 4.78 is 7.72. The molecule has 2 heterocycles. The molecule has 0 bridgehead atoms. The minimum absolute atomic E-state index is 0.0693. The van der Waals surface area contributed by atoms with Crippen LogP contribution in [0, 0.1) is 13.8 Å². The molecule has 1 saturated heterocycles. The smallest absolute Gasteiger partial charge is 0.242 e. The van der Waals surface area contributed by atoms with Gasteiger partial charge in [0.05, 0.1) is 0 Å². The maximum atomic E-state index is 12.6. The summed E-state index contributed by atoms with van der Waals surface area (Å²) >= 11 is 0. The second-order valence-corrected chi connectivity index (χ2v) is 7.46.